The van der Waals surface area contributed by atoms with Crippen LogP contribution >= 0.6 is 0 Å². The molecule has 6 aromatic carbocycles. The molecule has 0 unspecified atom stereocenters. The summed E-state index contributed by atoms with van der Waals surface area (Å²) in [7, 11) is 0. The second kappa shape index (κ2) is 12.2. The Morgan fingerprint density at radius 3 is 1.47 bits per heavy atom. The molecule has 4 heteroatoms. The van der Waals surface area contributed by atoms with Gasteiger partial charge < -0.3 is 4.57 Å². The van der Waals surface area contributed by atoms with E-state index in [1.165, 1.54) is 16.3 Å². The predicted molar refractivity (Wildman–Crippen MR) is 201 cm³/mol. The molecule has 9 rings (SSSR count). The number of rotatable bonds is 6. The Morgan fingerprint density at radius 1 is 0.347 bits per heavy atom. The van der Waals surface area contributed by atoms with E-state index < -0.39 is 0 Å². The molecule has 0 saturated heterocycles. The van der Waals surface area contributed by atoms with Crippen LogP contribution in [-0.4, -0.2) is 19.5 Å². The molecule has 0 aliphatic rings. The third kappa shape index (κ3) is 5.16. The lowest BCUT2D eigenvalue weighted by molar-refractivity contribution is 1.18. The fourth-order valence-corrected chi connectivity index (χ4v) is 6.74. The van der Waals surface area contributed by atoms with Crippen LogP contribution in [0.25, 0.3) is 83.8 Å². The van der Waals surface area contributed by atoms with Gasteiger partial charge in [-0.1, -0.05) is 140 Å². The van der Waals surface area contributed by atoms with Gasteiger partial charge in [-0.25, -0.2) is 9.97 Å². The Morgan fingerprint density at radius 2 is 0.837 bits per heavy atom. The summed E-state index contributed by atoms with van der Waals surface area (Å²) < 4.78 is 2.35. The smallest absolute Gasteiger partial charge is 0.0974 e. The summed E-state index contributed by atoms with van der Waals surface area (Å²) in [4.78, 5) is 15.6. The summed E-state index contributed by atoms with van der Waals surface area (Å²) >= 11 is 0. The average Bonchev–Trinajstić information content (AvgIpc) is 3.52. The molecule has 3 aromatic heterocycles. The van der Waals surface area contributed by atoms with Crippen LogP contribution in [0.5, 0.6) is 0 Å². The predicted octanol–water partition coefficient (Wildman–Crippen LogP) is 11.3. The van der Waals surface area contributed by atoms with Crippen molar-refractivity contribution in [1.82, 2.24) is 19.5 Å². The van der Waals surface area contributed by atoms with Gasteiger partial charge in [-0.3, -0.25) is 4.98 Å². The second-order valence-electron chi connectivity index (χ2n) is 12.1. The van der Waals surface area contributed by atoms with Crippen LogP contribution in [0.3, 0.4) is 0 Å². The maximum absolute atomic E-state index is 5.53. The molecule has 4 nitrogen and oxygen atoms in total. The van der Waals surface area contributed by atoms with Gasteiger partial charge in [0.1, 0.15) is 0 Å². The van der Waals surface area contributed by atoms with Crippen LogP contribution in [0.15, 0.2) is 182 Å². The monoisotopic (exact) mass is 626 g/mol. The zero-order valence-electron chi connectivity index (χ0n) is 26.6. The molecular formula is C45H30N4. The number of nitrogens with zero attached hydrogens (tertiary/aromatic N) is 4. The Bertz CT molecular complexity index is 2560. The van der Waals surface area contributed by atoms with E-state index >= 15 is 0 Å². The maximum atomic E-state index is 5.53. The number of hydrogen-bond acceptors (Lipinski definition) is 3. The quantitative estimate of drug-likeness (QED) is 0.184. The van der Waals surface area contributed by atoms with E-state index in [2.05, 4.69) is 155 Å². The minimum absolute atomic E-state index is 0.827. The largest absolute Gasteiger partial charge is 0.309 e. The van der Waals surface area contributed by atoms with Crippen molar-refractivity contribution >= 4 is 21.8 Å². The minimum Gasteiger partial charge on any atom is -0.309 e. The van der Waals surface area contributed by atoms with Crippen molar-refractivity contribution in [1.29, 1.82) is 0 Å². The van der Waals surface area contributed by atoms with Gasteiger partial charge in [0.25, 0.3) is 0 Å². The van der Waals surface area contributed by atoms with Crippen molar-refractivity contribution in [3.8, 4) is 62.0 Å². The topological polar surface area (TPSA) is 43.6 Å². The number of pyridine rings is 1. The summed E-state index contributed by atoms with van der Waals surface area (Å²) in [5, 5.41) is 2.41. The van der Waals surface area contributed by atoms with Crippen LogP contribution in [0.1, 0.15) is 0 Å². The average molecular weight is 627 g/mol. The van der Waals surface area contributed by atoms with Gasteiger partial charge >= 0.3 is 0 Å². The van der Waals surface area contributed by atoms with Crippen LogP contribution in [0, 0.1) is 0 Å². The SMILES string of the molecule is c1ccc(-c2nc(-c3ccc(-c4ccccn4)cc3)c(-c3ccc4c5ccccc5n(-c5ccccc5)c4c3)nc2-c2ccccc2)cc1. The molecule has 0 aliphatic carbocycles. The molecule has 49 heavy (non-hydrogen) atoms. The van der Waals surface area contributed by atoms with Crippen molar-refractivity contribution < 1.29 is 0 Å². The first kappa shape index (κ1) is 28.6. The molecular weight excluding hydrogens is 597 g/mol. The number of benzene rings is 6. The van der Waals surface area contributed by atoms with Gasteiger partial charge in [-0.05, 0) is 36.4 Å². The fourth-order valence-electron chi connectivity index (χ4n) is 6.74. The van der Waals surface area contributed by atoms with E-state index in [1.807, 2.05) is 36.5 Å². The standard InChI is InChI=1S/C45H30N4/c1-4-14-32(15-5-1)42-43(33-16-6-2-7-17-33)48-45(44(47-42)34-25-23-31(24-26-34)39-21-12-13-29-46-39)35-27-28-38-37-20-10-11-22-40(37)49(41(38)30-35)36-18-8-3-9-19-36/h1-30H. The molecule has 0 spiro atoms. The summed E-state index contributed by atoms with van der Waals surface area (Å²) in [5.41, 5.74) is 12.8. The minimum atomic E-state index is 0.827. The highest BCUT2D eigenvalue weighted by molar-refractivity contribution is 6.10. The van der Waals surface area contributed by atoms with E-state index in [0.29, 0.717) is 0 Å². The third-order valence-electron chi connectivity index (χ3n) is 9.07. The third-order valence-corrected chi connectivity index (χ3v) is 9.07. The van der Waals surface area contributed by atoms with Crippen molar-refractivity contribution in [2.24, 2.45) is 0 Å². The zero-order chi connectivity index (χ0) is 32.6. The summed E-state index contributed by atoms with van der Waals surface area (Å²) in [6.45, 7) is 0. The van der Waals surface area contributed by atoms with Crippen molar-refractivity contribution in [3.05, 3.63) is 182 Å². The molecule has 230 valence electrons. The molecule has 0 radical (unpaired) electrons. The number of fused-ring (bicyclic) bond motifs is 3. The molecule has 9 aromatic rings. The van der Waals surface area contributed by atoms with Crippen LogP contribution in [0.4, 0.5) is 0 Å². The van der Waals surface area contributed by atoms with Crippen molar-refractivity contribution in [3.63, 3.8) is 0 Å². The Balaban J connectivity index is 1.32. The summed E-state index contributed by atoms with van der Waals surface area (Å²) in [6.07, 6.45) is 1.83. The van der Waals surface area contributed by atoms with E-state index in [9.17, 15) is 0 Å². The van der Waals surface area contributed by atoms with Crippen LogP contribution in [0.2, 0.25) is 0 Å². The molecule has 0 saturated carbocycles. The molecule has 0 aliphatic heterocycles. The molecule has 0 amide bonds. The molecule has 0 N–H and O–H groups in total. The van der Waals surface area contributed by atoms with Gasteiger partial charge in [-0.2, -0.15) is 0 Å². The number of hydrogen-bond donors (Lipinski definition) is 0. The maximum Gasteiger partial charge on any atom is 0.0974 e. The summed E-state index contributed by atoms with van der Waals surface area (Å²) in [6, 6.07) is 61.1. The van der Waals surface area contributed by atoms with Gasteiger partial charge in [0.15, 0.2) is 0 Å². The lowest BCUT2D eigenvalue weighted by atomic mass is 9.98. The fraction of sp³-hybridized carbons (Fsp3) is 0. The highest BCUT2D eigenvalue weighted by Gasteiger charge is 2.21. The number of aromatic nitrogens is 4. The van der Waals surface area contributed by atoms with Gasteiger partial charge in [0, 0.05) is 50.5 Å². The highest BCUT2D eigenvalue weighted by Crippen LogP contribution is 2.40. The van der Waals surface area contributed by atoms with E-state index in [1.54, 1.807) is 0 Å². The van der Waals surface area contributed by atoms with Crippen molar-refractivity contribution in [2.45, 2.75) is 0 Å². The lowest BCUT2D eigenvalue weighted by Gasteiger charge is -2.17. The molecule has 3 heterocycles. The molecule has 0 fully saturated rings. The van der Waals surface area contributed by atoms with Crippen molar-refractivity contribution in [2.75, 3.05) is 0 Å². The lowest BCUT2D eigenvalue weighted by Crippen LogP contribution is -2.01. The van der Waals surface area contributed by atoms with Gasteiger partial charge in [0.05, 0.1) is 39.5 Å². The van der Waals surface area contributed by atoms with E-state index in [0.717, 1.165) is 67.5 Å². The van der Waals surface area contributed by atoms with E-state index in [4.69, 9.17) is 9.97 Å². The normalized spacial score (nSPS) is 11.3. The summed E-state index contributed by atoms with van der Waals surface area (Å²) in [5.74, 6) is 0. The number of para-hydroxylation sites is 2. The van der Waals surface area contributed by atoms with Gasteiger partial charge in [0.2, 0.25) is 0 Å². The first-order valence-electron chi connectivity index (χ1n) is 16.5. The molecule has 0 atom stereocenters. The van der Waals surface area contributed by atoms with Gasteiger partial charge in [-0.15, -0.1) is 0 Å². The Kier molecular flexibility index (Phi) is 7.10. The zero-order valence-corrected chi connectivity index (χ0v) is 26.6. The van der Waals surface area contributed by atoms with Crippen LogP contribution in [-0.2, 0) is 0 Å². The first-order chi connectivity index (χ1) is 24.3. The van der Waals surface area contributed by atoms with E-state index in [-0.39, 0.29) is 0 Å². The second-order valence-corrected chi connectivity index (χ2v) is 12.1. The molecule has 0 bridgehead atoms. The Hall–Kier alpha value is -6.65. The highest BCUT2D eigenvalue weighted by atomic mass is 15.0. The van der Waals surface area contributed by atoms with Crippen LogP contribution < -0.4 is 0 Å². The first-order valence-corrected chi connectivity index (χ1v) is 16.5. The Labute approximate surface area is 284 Å².